The zero-order valence-electron chi connectivity index (χ0n) is 18.9. The van der Waals surface area contributed by atoms with Gasteiger partial charge >= 0.3 is 0 Å². The fraction of sp³-hybridized carbons (Fsp3) is 0.360. The Morgan fingerprint density at radius 1 is 1.15 bits per heavy atom. The van der Waals surface area contributed by atoms with Crippen molar-refractivity contribution in [1.82, 2.24) is 15.2 Å². The van der Waals surface area contributed by atoms with Crippen molar-refractivity contribution < 1.29 is 18.0 Å². The van der Waals surface area contributed by atoms with Crippen LogP contribution >= 0.6 is 0 Å². The number of rotatable bonds is 7. The highest BCUT2D eigenvalue weighted by atomic mass is 19.1. The van der Waals surface area contributed by atoms with E-state index in [2.05, 4.69) is 27.1 Å². The van der Waals surface area contributed by atoms with E-state index < -0.39 is 5.82 Å². The van der Waals surface area contributed by atoms with Crippen molar-refractivity contribution in [3.63, 3.8) is 0 Å². The number of piperazine rings is 1. The van der Waals surface area contributed by atoms with E-state index in [0.29, 0.717) is 17.2 Å². The molecule has 1 aromatic heterocycles. The van der Waals surface area contributed by atoms with Crippen LogP contribution in [0.4, 0.5) is 14.5 Å². The van der Waals surface area contributed by atoms with Gasteiger partial charge in [0.1, 0.15) is 11.6 Å². The highest BCUT2D eigenvalue weighted by Gasteiger charge is 2.21. The Labute approximate surface area is 192 Å². The van der Waals surface area contributed by atoms with Crippen molar-refractivity contribution in [2.24, 2.45) is 0 Å². The van der Waals surface area contributed by atoms with Gasteiger partial charge in [0.25, 0.3) is 0 Å². The Hall–Kier alpha value is -3.26. The molecule has 1 saturated heterocycles. The molecule has 33 heavy (non-hydrogen) atoms. The molecule has 0 spiro atoms. The summed E-state index contributed by atoms with van der Waals surface area (Å²) < 4.78 is 33.6. The Morgan fingerprint density at radius 3 is 2.67 bits per heavy atom. The Kier molecular flexibility index (Phi) is 7.03. The summed E-state index contributed by atoms with van der Waals surface area (Å²) in [6.07, 6.45) is 1.89. The molecule has 2 aromatic carbocycles. The third kappa shape index (κ3) is 5.57. The number of nitrogens with one attached hydrogen (secondary N) is 1. The molecule has 1 unspecified atom stereocenters. The van der Waals surface area contributed by atoms with Gasteiger partial charge in [-0.25, -0.2) is 13.8 Å². The van der Waals surface area contributed by atoms with Crippen molar-refractivity contribution in [3.05, 3.63) is 71.8 Å². The second-order valence-corrected chi connectivity index (χ2v) is 8.38. The number of anilines is 1. The monoisotopic (exact) mass is 454 g/mol. The third-order valence-electron chi connectivity index (χ3n) is 5.94. The number of oxazole rings is 1. The van der Waals surface area contributed by atoms with E-state index in [4.69, 9.17) is 4.42 Å². The lowest BCUT2D eigenvalue weighted by atomic mass is 10.0. The largest absolute Gasteiger partial charge is 0.441 e. The summed E-state index contributed by atoms with van der Waals surface area (Å²) in [6, 6.07) is 10.7. The molecular weight excluding hydrogens is 426 g/mol. The van der Waals surface area contributed by atoms with Gasteiger partial charge in [-0.1, -0.05) is 12.1 Å². The summed E-state index contributed by atoms with van der Waals surface area (Å²) in [5.41, 5.74) is 2.03. The Morgan fingerprint density at radius 2 is 1.91 bits per heavy atom. The molecule has 1 atom stereocenters. The van der Waals surface area contributed by atoms with Gasteiger partial charge in [0.15, 0.2) is 11.7 Å². The molecule has 1 N–H and O–H groups in total. The fourth-order valence-electron chi connectivity index (χ4n) is 4.03. The summed E-state index contributed by atoms with van der Waals surface area (Å²) in [6.45, 7) is 5.42. The predicted molar refractivity (Wildman–Crippen MR) is 123 cm³/mol. The van der Waals surface area contributed by atoms with Crippen LogP contribution in [0, 0.1) is 11.6 Å². The molecule has 1 aliphatic rings. The molecule has 8 heteroatoms. The van der Waals surface area contributed by atoms with Gasteiger partial charge in [-0.3, -0.25) is 4.79 Å². The highest BCUT2D eigenvalue weighted by Crippen LogP contribution is 2.29. The minimum Gasteiger partial charge on any atom is -0.441 e. The Bertz CT molecular complexity index is 1110. The number of aryl methyl sites for hydroxylation is 1. The molecule has 3 aromatic rings. The molecule has 0 radical (unpaired) electrons. The number of aromatic nitrogens is 1. The number of hydrogen-bond donors (Lipinski definition) is 1. The number of benzene rings is 2. The van der Waals surface area contributed by atoms with E-state index in [-0.39, 0.29) is 30.6 Å². The van der Waals surface area contributed by atoms with Crippen molar-refractivity contribution in [1.29, 1.82) is 0 Å². The smallest absolute Gasteiger partial charge is 0.220 e. The molecule has 6 nitrogen and oxygen atoms in total. The quantitative estimate of drug-likeness (QED) is 0.580. The minimum atomic E-state index is -0.391. The van der Waals surface area contributed by atoms with Crippen LogP contribution in [-0.4, -0.2) is 49.0 Å². The van der Waals surface area contributed by atoms with Crippen LogP contribution in [-0.2, 0) is 11.2 Å². The molecule has 0 bridgehead atoms. The predicted octanol–water partition coefficient (Wildman–Crippen LogP) is 4.18. The lowest BCUT2D eigenvalue weighted by Gasteiger charge is -2.36. The standard InChI is InChI=1S/C25H28F2N4O2/c1-17(20-15-18(26)7-8-22(20)31-13-11-30(2)12-14-31)29-24(32)9-10-25-28-16-23(33-25)19-5-3-4-6-21(19)27/h3-8,15-17H,9-14H2,1-2H3,(H,29,32). The molecule has 1 aliphatic heterocycles. The van der Waals surface area contributed by atoms with Crippen molar-refractivity contribution >= 4 is 11.6 Å². The van der Waals surface area contributed by atoms with E-state index in [1.807, 2.05) is 6.92 Å². The number of carbonyl (C=O) groups is 1. The van der Waals surface area contributed by atoms with Crippen molar-refractivity contribution in [2.75, 3.05) is 38.1 Å². The summed E-state index contributed by atoms with van der Waals surface area (Å²) in [4.78, 5) is 21.2. The summed E-state index contributed by atoms with van der Waals surface area (Å²) in [5, 5.41) is 2.96. The average molecular weight is 455 g/mol. The molecule has 0 aliphatic carbocycles. The molecule has 2 heterocycles. The van der Waals surface area contributed by atoms with Crippen LogP contribution < -0.4 is 10.2 Å². The molecule has 174 valence electrons. The molecule has 0 saturated carbocycles. The van der Waals surface area contributed by atoms with Gasteiger partial charge in [0.2, 0.25) is 5.91 Å². The summed E-state index contributed by atoms with van der Waals surface area (Å²) >= 11 is 0. The topological polar surface area (TPSA) is 61.6 Å². The number of likely N-dealkylation sites (N-methyl/N-ethyl adjacent to an activating group) is 1. The van der Waals surface area contributed by atoms with Crippen molar-refractivity contribution in [2.45, 2.75) is 25.8 Å². The summed E-state index contributed by atoms with van der Waals surface area (Å²) in [7, 11) is 2.08. The van der Waals surface area contributed by atoms with Gasteiger partial charge in [0, 0.05) is 50.3 Å². The van der Waals surface area contributed by atoms with Crippen LogP contribution in [0.5, 0.6) is 0 Å². The minimum absolute atomic E-state index is 0.153. The van der Waals surface area contributed by atoms with Crippen LogP contribution in [0.25, 0.3) is 11.3 Å². The maximum absolute atomic E-state index is 14.0. The first-order valence-electron chi connectivity index (χ1n) is 11.1. The normalized spacial score (nSPS) is 15.5. The van der Waals surface area contributed by atoms with Gasteiger partial charge < -0.3 is 19.5 Å². The van der Waals surface area contributed by atoms with Gasteiger partial charge in [0.05, 0.1) is 17.8 Å². The van der Waals surface area contributed by atoms with Gasteiger partial charge in [-0.15, -0.1) is 0 Å². The number of nitrogens with zero attached hydrogens (tertiary/aromatic N) is 3. The first-order chi connectivity index (χ1) is 15.9. The fourth-order valence-corrected chi connectivity index (χ4v) is 4.03. The summed E-state index contributed by atoms with van der Waals surface area (Å²) in [5.74, 6) is -0.224. The van der Waals surface area contributed by atoms with E-state index in [1.165, 1.54) is 24.4 Å². The van der Waals surface area contributed by atoms with Gasteiger partial charge in [-0.2, -0.15) is 0 Å². The maximum atomic E-state index is 14.0. The van der Waals surface area contributed by atoms with Gasteiger partial charge in [-0.05, 0) is 44.3 Å². The van der Waals surface area contributed by atoms with E-state index in [9.17, 15) is 13.6 Å². The van der Waals surface area contributed by atoms with Crippen LogP contribution in [0.3, 0.4) is 0 Å². The van der Waals surface area contributed by atoms with Crippen LogP contribution in [0.1, 0.15) is 30.8 Å². The number of carbonyl (C=O) groups excluding carboxylic acids is 1. The highest BCUT2D eigenvalue weighted by molar-refractivity contribution is 5.77. The molecule has 4 rings (SSSR count). The zero-order chi connectivity index (χ0) is 23.4. The maximum Gasteiger partial charge on any atom is 0.220 e. The van der Waals surface area contributed by atoms with Crippen molar-refractivity contribution in [3.8, 4) is 11.3 Å². The molecular formula is C25H28F2N4O2. The van der Waals surface area contributed by atoms with Crippen LogP contribution in [0.2, 0.25) is 0 Å². The van der Waals surface area contributed by atoms with E-state index in [1.54, 1.807) is 24.3 Å². The Balaban J connectivity index is 1.38. The zero-order valence-corrected chi connectivity index (χ0v) is 18.9. The number of halogens is 2. The SMILES string of the molecule is CC(NC(=O)CCc1ncc(-c2ccccc2F)o1)c1cc(F)ccc1N1CCN(C)CC1. The third-order valence-corrected chi connectivity index (χ3v) is 5.94. The first kappa shape index (κ1) is 22.9. The van der Waals surface area contributed by atoms with E-state index >= 15 is 0 Å². The number of hydrogen-bond acceptors (Lipinski definition) is 5. The van der Waals surface area contributed by atoms with Crippen LogP contribution in [0.15, 0.2) is 53.1 Å². The average Bonchev–Trinajstić information content (AvgIpc) is 3.27. The second-order valence-electron chi connectivity index (χ2n) is 8.38. The first-order valence-corrected chi connectivity index (χ1v) is 11.1. The van der Waals surface area contributed by atoms with E-state index in [0.717, 1.165) is 37.4 Å². The number of amides is 1. The second kappa shape index (κ2) is 10.1. The molecule has 1 amide bonds. The molecule has 1 fully saturated rings. The lowest BCUT2D eigenvalue weighted by Crippen LogP contribution is -2.45. The lowest BCUT2D eigenvalue weighted by molar-refractivity contribution is -0.121.